The third-order valence-electron chi connectivity index (χ3n) is 3.74. The first-order valence-electron chi connectivity index (χ1n) is 9.09. The molecule has 0 aliphatic rings. The number of carbonyl (C=O) groups is 2. The van der Waals surface area contributed by atoms with E-state index in [1.165, 1.54) is 18.2 Å². The molecule has 0 bridgehead atoms. The van der Waals surface area contributed by atoms with Gasteiger partial charge in [-0.25, -0.2) is 9.18 Å². The Kier molecular flexibility index (Phi) is 7.50. The molecule has 0 aromatic heterocycles. The molecule has 0 unspecified atom stereocenters. The Hall–Kier alpha value is -2.74. The summed E-state index contributed by atoms with van der Waals surface area (Å²) >= 11 is 1.55. The fraction of sp³-hybridized carbons (Fsp3) is 0.333. The van der Waals surface area contributed by atoms with E-state index in [0.717, 1.165) is 10.6 Å². The normalized spacial score (nSPS) is 12.1. The molecule has 156 valence electrons. The van der Waals surface area contributed by atoms with Gasteiger partial charge in [0.25, 0.3) is 0 Å². The number of alkyl carbamates (subject to hydrolysis) is 1. The molecule has 1 atom stereocenters. The third kappa shape index (κ3) is 6.98. The van der Waals surface area contributed by atoms with Gasteiger partial charge in [0.1, 0.15) is 17.5 Å². The number of para-hydroxylation sites is 1. The molecule has 0 aliphatic heterocycles. The minimum absolute atomic E-state index is 0.394. The van der Waals surface area contributed by atoms with Crippen molar-refractivity contribution in [3.63, 3.8) is 0 Å². The lowest BCUT2D eigenvalue weighted by atomic mass is 10.2. The number of amides is 2. The topological polar surface area (TPSA) is 79.5 Å². The lowest BCUT2D eigenvalue weighted by molar-refractivity contribution is -0.117. The average molecular weight is 420 g/mol. The SMILES string of the molecule is CSc1ccccc1Nc1cc(F)ccc1NC(=O)[C@H](C)NC(=O)OC(C)(C)C. The van der Waals surface area contributed by atoms with Gasteiger partial charge in [0.2, 0.25) is 5.91 Å². The van der Waals surface area contributed by atoms with Gasteiger partial charge in [-0.1, -0.05) is 12.1 Å². The van der Waals surface area contributed by atoms with Crippen LogP contribution in [0.2, 0.25) is 0 Å². The molecule has 29 heavy (non-hydrogen) atoms. The Balaban J connectivity index is 2.14. The van der Waals surface area contributed by atoms with Crippen LogP contribution in [0.4, 0.5) is 26.2 Å². The molecule has 2 aromatic rings. The summed E-state index contributed by atoms with van der Waals surface area (Å²) in [6.07, 6.45) is 1.25. The van der Waals surface area contributed by atoms with Gasteiger partial charge in [-0.15, -0.1) is 11.8 Å². The Labute approximate surface area is 174 Å². The molecule has 3 N–H and O–H groups in total. The van der Waals surface area contributed by atoms with Crippen LogP contribution in [0, 0.1) is 5.82 Å². The summed E-state index contributed by atoms with van der Waals surface area (Å²) in [5.41, 5.74) is 0.925. The third-order valence-corrected chi connectivity index (χ3v) is 4.54. The lowest BCUT2D eigenvalue weighted by Crippen LogP contribution is -2.44. The predicted molar refractivity (Wildman–Crippen MR) is 115 cm³/mol. The zero-order chi connectivity index (χ0) is 21.6. The molecule has 2 rings (SSSR count). The second kappa shape index (κ2) is 9.65. The van der Waals surface area contributed by atoms with Gasteiger partial charge in [0.15, 0.2) is 0 Å². The summed E-state index contributed by atoms with van der Waals surface area (Å²) in [5.74, 6) is -0.893. The van der Waals surface area contributed by atoms with Crippen molar-refractivity contribution >= 4 is 40.8 Å². The lowest BCUT2D eigenvalue weighted by Gasteiger charge is -2.22. The van der Waals surface area contributed by atoms with Crippen molar-refractivity contribution in [2.24, 2.45) is 0 Å². The summed E-state index contributed by atoms with van der Waals surface area (Å²) in [6, 6.07) is 10.8. The molecule has 0 fully saturated rings. The van der Waals surface area contributed by atoms with Gasteiger partial charge in [0, 0.05) is 4.90 Å². The summed E-state index contributed by atoms with van der Waals surface area (Å²) < 4.78 is 19.0. The highest BCUT2D eigenvalue weighted by Gasteiger charge is 2.21. The molecule has 0 spiro atoms. The van der Waals surface area contributed by atoms with Gasteiger partial charge in [-0.2, -0.15) is 0 Å². The zero-order valence-electron chi connectivity index (χ0n) is 17.1. The van der Waals surface area contributed by atoms with Gasteiger partial charge >= 0.3 is 6.09 Å². The number of hydrogen-bond acceptors (Lipinski definition) is 5. The van der Waals surface area contributed by atoms with Crippen LogP contribution in [0.3, 0.4) is 0 Å². The number of ether oxygens (including phenoxy) is 1. The maximum absolute atomic E-state index is 13.8. The first-order valence-corrected chi connectivity index (χ1v) is 10.3. The van der Waals surface area contributed by atoms with E-state index in [2.05, 4.69) is 16.0 Å². The van der Waals surface area contributed by atoms with Gasteiger partial charge in [0.05, 0.1) is 17.1 Å². The molecule has 0 saturated carbocycles. The number of rotatable bonds is 6. The highest BCUT2D eigenvalue weighted by Crippen LogP contribution is 2.31. The minimum Gasteiger partial charge on any atom is -0.444 e. The van der Waals surface area contributed by atoms with E-state index < -0.39 is 29.5 Å². The number of halogens is 1. The molecule has 8 heteroatoms. The predicted octanol–water partition coefficient (Wildman–Crippen LogP) is 5.14. The van der Waals surface area contributed by atoms with E-state index in [0.29, 0.717) is 11.4 Å². The van der Waals surface area contributed by atoms with Crippen LogP contribution in [0.5, 0.6) is 0 Å². The zero-order valence-corrected chi connectivity index (χ0v) is 17.9. The smallest absolute Gasteiger partial charge is 0.408 e. The van der Waals surface area contributed by atoms with Crippen molar-refractivity contribution in [2.45, 2.75) is 44.2 Å². The van der Waals surface area contributed by atoms with Crippen molar-refractivity contribution in [3.05, 3.63) is 48.3 Å². The van der Waals surface area contributed by atoms with Crippen LogP contribution in [-0.2, 0) is 9.53 Å². The number of nitrogens with one attached hydrogen (secondary N) is 3. The average Bonchev–Trinajstić information content (AvgIpc) is 2.62. The number of benzene rings is 2. The van der Waals surface area contributed by atoms with Crippen LogP contribution in [0.25, 0.3) is 0 Å². The van der Waals surface area contributed by atoms with E-state index in [-0.39, 0.29) is 0 Å². The largest absolute Gasteiger partial charge is 0.444 e. The van der Waals surface area contributed by atoms with Crippen molar-refractivity contribution in [1.82, 2.24) is 5.32 Å². The van der Waals surface area contributed by atoms with E-state index in [1.807, 2.05) is 30.5 Å². The number of carbonyl (C=O) groups excluding carboxylic acids is 2. The summed E-state index contributed by atoms with van der Waals surface area (Å²) in [4.78, 5) is 25.4. The molecule has 2 amide bonds. The van der Waals surface area contributed by atoms with Crippen molar-refractivity contribution < 1.29 is 18.7 Å². The van der Waals surface area contributed by atoms with E-state index in [1.54, 1.807) is 39.5 Å². The van der Waals surface area contributed by atoms with Crippen LogP contribution in [0.15, 0.2) is 47.4 Å². The maximum atomic E-state index is 13.8. The first-order chi connectivity index (χ1) is 13.6. The Morgan fingerprint density at radius 1 is 1.07 bits per heavy atom. The fourth-order valence-corrected chi connectivity index (χ4v) is 2.97. The monoisotopic (exact) mass is 419 g/mol. The van der Waals surface area contributed by atoms with Crippen molar-refractivity contribution in [1.29, 1.82) is 0 Å². The van der Waals surface area contributed by atoms with Crippen molar-refractivity contribution in [2.75, 3.05) is 16.9 Å². The minimum atomic E-state index is -0.846. The summed E-state index contributed by atoms with van der Waals surface area (Å²) in [7, 11) is 0. The van der Waals surface area contributed by atoms with Crippen LogP contribution in [0.1, 0.15) is 27.7 Å². The van der Waals surface area contributed by atoms with Gasteiger partial charge in [-0.3, -0.25) is 4.79 Å². The van der Waals surface area contributed by atoms with Crippen LogP contribution >= 0.6 is 11.8 Å². The quantitative estimate of drug-likeness (QED) is 0.565. The standard InChI is InChI=1S/C21H26FN3O3S/c1-13(23-20(27)28-21(2,3)4)19(26)25-15-11-10-14(22)12-17(15)24-16-8-6-7-9-18(16)29-5/h6-13,24H,1-5H3,(H,23,27)(H,25,26)/t13-/m0/s1. The number of thioether (sulfide) groups is 1. The molecule has 2 aromatic carbocycles. The highest BCUT2D eigenvalue weighted by molar-refractivity contribution is 7.98. The molecule has 0 radical (unpaired) electrons. The Bertz CT molecular complexity index is 884. The summed E-state index contributed by atoms with van der Waals surface area (Å²) in [6.45, 7) is 6.75. The highest BCUT2D eigenvalue weighted by atomic mass is 32.2. The van der Waals surface area contributed by atoms with E-state index >= 15 is 0 Å². The molecular weight excluding hydrogens is 393 g/mol. The van der Waals surface area contributed by atoms with E-state index in [4.69, 9.17) is 4.74 Å². The second-order valence-corrected chi connectivity index (χ2v) is 8.22. The second-order valence-electron chi connectivity index (χ2n) is 7.37. The maximum Gasteiger partial charge on any atom is 0.408 e. The van der Waals surface area contributed by atoms with Gasteiger partial charge in [-0.05, 0) is 64.3 Å². The fourth-order valence-electron chi connectivity index (χ4n) is 2.41. The van der Waals surface area contributed by atoms with E-state index in [9.17, 15) is 14.0 Å². The molecule has 6 nitrogen and oxygen atoms in total. The van der Waals surface area contributed by atoms with Crippen LogP contribution < -0.4 is 16.0 Å². The molecule has 0 heterocycles. The first kappa shape index (κ1) is 22.5. The Morgan fingerprint density at radius 3 is 2.41 bits per heavy atom. The number of hydrogen-bond donors (Lipinski definition) is 3. The Morgan fingerprint density at radius 2 is 1.76 bits per heavy atom. The van der Waals surface area contributed by atoms with Crippen molar-refractivity contribution in [3.8, 4) is 0 Å². The van der Waals surface area contributed by atoms with Gasteiger partial charge < -0.3 is 20.7 Å². The molecular formula is C21H26FN3O3S. The van der Waals surface area contributed by atoms with Crippen LogP contribution in [-0.4, -0.2) is 29.9 Å². The summed E-state index contributed by atoms with van der Waals surface area (Å²) in [5, 5.41) is 8.36. The molecule has 0 aliphatic carbocycles. The number of anilines is 3. The molecule has 0 saturated heterocycles.